The molecule has 0 N–H and O–H groups in total. The van der Waals surface area contributed by atoms with Crippen LogP contribution in [0.25, 0.3) is 66.6 Å². The van der Waals surface area contributed by atoms with E-state index in [1.165, 1.54) is 72.7 Å². The molecule has 12 aromatic heterocycles. The highest BCUT2D eigenvalue weighted by Crippen LogP contribution is 2.47. The summed E-state index contributed by atoms with van der Waals surface area (Å²) in [6.45, 7) is 11.0. The van der Waals surface area contributed by atoms with Gasteiger partial charge in [0.25, 0.3) is 11.8 Å². The monoisotopic (exact) mass is 1670 g/mol. The fraction of sp³-hybridized carbons (Fsp3) is 0.333. The van der Waals surface area contributed by atoms with Crippen molar-refractivity contribution in [3.05, 3.63) is 237 Å². The predicted molar refractivity (Wildman–Crippen MR) is 431 cm³/mol. The summed E-state index contributed by atoms with van der Waals surface area (Å²) in [5.41, 5.74) is 6.90. The summed E-state index contributed by atoms with van der Waals surface area (Å²) in [4.78, 5) is 27.3. The number of hydrogen-bond acceptors (Lipinski definition) is 24. The van der Waals surface area contributed by atoms with E-state index >= 15 is 0 Å². The molecule has 22 rings (SSSR count). The van der Waals surface area contributed by atoms with Crippen molar-refractivity contribution in [1.82, 2.24) is 99.2 Å². The third kappa shape index (κ3) is 15.4. The van der Waals surface area contributed by atoms with Crippen LogP contribution in [0.4, 0.5) is 58.4 Å². The molecule has 0 radical (unpaired) electrons. The third-order valence-corrected chi connectivity index (χ3v) is 24.8. The van der Waals surface area contributed by atoms with E-state index in [0.717, 1.165) is 139 Å². The van der Waals surface area contributed by atoms with Gasteiger partial charge in [-0.25, -0.2) is 73.1 Å². The molecule has 16 heterocycles. The number of aromatic nitrogens is 20. The van der Waals surface area contributed by atoms with Crippen LogP contribution in [-0.2, 0) is 0 Å². The van der Waals surface area contributed by atoms with Crippen LogP contribution in [0.1, 0.15) is 197 Å². The fourth-order valence-electron chi connectivity index (χ4n) is 16.0. The minimum atomic E-state index is -0.447. The summed E-state index contributed by atoms with van der Waals surface area (Å²) in [5, 5.41) is 54.8. The Morgan fingerprint density at radius 2 is 0.700 bits per heavy atom. The first-order valence-electron chi connectivity index (χ1n) is 40.0. The van der Waals surface area contributed by atoms with Gasteiger partial charge in [-0.2, -0.15) is 20.4 Å². The zero-order valence-electron chi connectivity index (χ0n) is 65.2. The van der Waals surface area contributed by atoms with E-state index in [0.29, 0.717) is 128 Å². The lowest BCUT2D eigenvalue weighted by molar-refractivity contribution is 0.481. The van der Waals surface area contributed by atoms with Gasteiger partial charge in [0.05, 0.1) is 60.1 Å². The van der Waals surface area contributed by atoms with E-state index in [1.807, 2.05) is 70.1 Å². The molecule has 120 heavy (non-hydrogen) atoms. The molecule has 4 unspecified atom stereocenters. The van der Waals surface area contributed by atoms with Crippen LogP contribution >= 0.6 is 22.7 Å². The van der Waals surface area contributed by atoms with Crippen molar-refractivity contribution in [2.75, 3.05) is 45.8 Å². The topological polar surface area (TPSA) is 263 Å². The summed E-state index contributed by atoms with van der Waals surface area (Å²) in [5.74, 6) is 2.70. The van der Waals surface area contributed by atoms with E-state index < -0.39 is 40.7 Å². The number of anilines is 4. The van der Waals surface area contributed by atoms with Crippen LogP contribution in [0, 0.1) is 46.5 Å². The molecule has 4 aliphatic heterocycles. The molecule has 16 aromatic rings. The lowest BCUT2D eigenvalue weighted by atomic mass is 10.0. The maximum atomic E-state index is 14.4. The molecular weight excluding hydrogens is 1590 g/mol. The zero-order valence-corrected chi connectivity index (χ0v) is 66.8. The Morgan fingerprint density at radius 1 is 0.350 bits per heavy atom. The summed E-state index contributed by atoms with van der Waals surface area (Å²) in [6, 6.07) is 20.8. The van der Waals surface area contributed by atoms with Crippen molar-refractivity contribution in [2.24, 2.45) is 0 Å². The van der Waals surface area contributed by atoms with Crippen LogP contribution in [0.15, 0.2) is 155 Å². The van der Waals surface area contributed by atoms with Gasteiger partial charge in [0.1, 0.15) is 91.0 Å². The molecule has 26 nitrogen and oxygen atoms in total. The predicted octanol–water partition coefficient (Wildman–Crippen LogP) is 18.5. The normalized spacial score (nSPS) is 18.0. The maximum absolute atomic E-state index is 14.4. The molecule has 4 atom stereocenters. The van der Waals surface area contributed by atoms with Gasteiger partial charge in [-0.3, -0.25) is 0 Å². The summed E-state index contributed by atoms with van der Waals surface area (Å²) in [7, 11) is 0. The van der Waals surface area contributed by atoms with Crippen LogP contribution in [-0.4, -0.2) is 125 Å². The molecule has 0 spiro atoms. The quantitative estimate of drug-likeness (QED) is 0.0814. The second kappa shape index (κ2) is 32.3. The summed E-state index contributed by atoms with van der Waals surface area (Å²) in [6.07, 6.45) is 25.0. The van der Waals surface area contributed by atoms with Crippen molar-refractivity contribution in [3.8, 4) is 44.1 Å². The Kier molecular flexibility index (Phi) is 20.8. The molecule has 2 saturated carbocycles. The lowest BCUT2D eigenvalue weighted by Crippen LogP contribution is -2.24. The summed E-state index contributed by atoms with van der Waals surface area (Å²) < 4.78 is 131. The number of rotatable bonds is 16. The number of halogens is 8. The molecule has 6 aliphatic rings. The standard InChI is InChI=1S/C21H18F2N6O.C21H20F2N6O.C21H18F2N6S.C21H20F2N6S/c22-13-5-6-16(23)14(10-13)17-2-1-8-28(17)18-7-9-29-19(25-18)15(11-24-29)21-27-26-20(30-21)12-3-4-12;1-12(2)20-26-27-21(30-20)15-11-24-29-9-7-18(25-19(15)29)28-8-3-4-17(28)14-10-13(22)5-6-16(14)23;22-13-5-6-16(23)14(10-13)17-2-1-8-28(17)18-7-9-29-19(25-18)15(11-24-29)21-27-26-20(30-21)12-3-4-12;1-12(2)20-26-27-21(30-20)15-11-24-29-9-7-18(25-19(15)29)28-8-3-4-17(28)14-10-13(22)5-6-16(14)23/h5-7,9-12,17H,1-4,8H2;5-7,9-12,17H,3-4,8H2,1-2H3;5-7,9-12,17H,1-4,8H2;5-7,9-12,17H,3-4,8H2,1-2H3. The van der Waals surface area contributed by atoms with E-state index in [9.17, 15) is 35.1 Å². The fourth-order valence-corrected chi connectivity index (χ4v) is 17.9. The smallest absolute Gasteiger partial charge is 0.253 e. The van der Waals surface area contributed by atoms with Gasteiger partial charge in [0.2, 0.25) is 11.8 Å². The molecule has 2 aliphatic carbocycles. The van der Waals surface area contributed by atoms with Crippen molar-refractivity contribution in [3.63, 3.8) is 0 Å². The van der Waals surface area contributed by atoms with Gasteiger partial charge in [0.15, 0.2) is 32.6 Å². The number of nitrogens with zero attached hydrogens (tertiary/aromatic N) is 24. The summed E-state index contributed by atoms with van der Waals surface area (Å²) >= 11 is 3.13. The van der Waals surface area contributed by atoms with Gasteiger partial charge >= 0.3 is 0 Å². The molecule has 0 amide bonds. The molecular formula is C84H76F8N24O2S2. The van der Waals surface area contributed by atoms with Crippen LogP contribution in [0.3, 0.4) is 0 Å². The highest BCUT2D eigenvalue weighted by atomic mass is 32.1. The van der Waals surface area contributed by atoms with Gasteiger partial charge in [0, 0.05) is 96.9 Å². The Bertz CT molecular complexity index is 5720. The van der Waals surface area contributed by atoms with E-state index in [-0.39, 0.29) is 35.9 Å². The Hall–Kier alpha value is -12.6. The van der Waals surface area contributed by atoms with E-state index in [2.05, 4.69) is 75.0 Å². The van der Waals surface area contributed by atoms with E-state index in [4.69, 9.17) is 28.8 Å². The number of benzene rings is 4. The Labute approximate surface area is 687 Å². The van der Waals surface area contributed by atoms with Crippen molar-refractivity contribution in [2.45, 2.75) is 153 Å². The van der Waals surface area contributed by atoms with Crippen molar-refractivity contribution >= 4 is 68.5 Å². The first-order chi connectivity index (χ1) is 58.4. The molecule has 4 saturated heterocycles. The van der Waals surface area contributed by atoms with Gasteiger partial charge in [-0.1, -0.05) is 50.4 Å². The first-order valence-corrected chi connectivity index (χ1v) is 41.6. The molecule has 612 valence electrons. The molecule has 6 fully saturated rings. The maximum Gasteiger partial charge on any atom is 0.253 e. The Morgan fingerprint density at radius 3 is 1.06 bits per heavy atom. The highest BCUT2D eigenvalue weighted by Gasteiger charge is 2.37. The molecule has 0 bridgehead atoms. The third-order valence-electron chi connectivity index (χ3n) is 22.4. The van der Waals surface area contributed by atoms with E-state index in [1.54, 1.807) is 66.6 Å². The van der Waals surface area contributed by atoms with Crippen molar-refractivity contribution in [1.29, 1.82) is 0 Å². The lowest BCUT2D eigenvalue weighted by Gasteiger charge is -2.26. The molecule has 36 heteroatoms. The van der Waals surface area contributed by atoms with Crippen LogP contribution in [0.5, 0.6) is 0 Å². The SMILES string of the molecule is CC(C)c1nnc(-c2cnn3ccc(N4CCCC4c4cc(F)ccc4F)nc23)o1.CC(C)c1nnc(-c2cnn3ccc(N4CCCC4c4cc(F)ccc4F)nc23)s1.Fc1ccc(F)c(C2CCCN2c2ccn3ncc(-c4nnc(C5CC5)o4)c3n2)c1.Fc1ccc(F)c(C2CCCN2c2ccn3ncc(-c4nnc(C5CC5)s4)c3n2)c1. The first kappa shape index (κ1) is 77.3. The zero-order chi connectivity index (χ0) is 82.1. The largest absolute Gasteiger partial charge is 0.420 e. The minimum absolute atomic E-state index is 0.114. The number of hydrogen-bond donors (Lipinski definition) is 0. The van der Waals surface area contributed by atoms with Gasteiger partial charge in [-0.15, -0.1) is 40.8 Å². The number of fused-ring (bicyclic) bond motifs is 4. The minimum Gasteiger partial charge on any atom is -0.420 e. The second-order valence-electron chi connectivity index (χ2n) is 31.2. The Balaban J connectivity index is 0.000000106. The van der Waals surface area contributed by atoms with Crippen molar-refractivity contribution < 1.29 is 44.0 Å². The van der Waals surface area contributed by atoms with Gasteiger partial charge < -0.3 is 28.4 Å². The second-order valence-corrected chi connectivity index (χ2v) is 33.2. The van der Waals surface area contributed by atoms with Crippen LogP contribution < -0.4 is 19.6 Å². The average molecular weight is 1670 g/mol. The van der Waals surface area contributed by atoms with Gasteiger partial charge in [-0.05, 0) is 174 Å². The highest BCUT2D eigenvalue weighted by molar-refractivity contribution is 7.15. The van der Waals surface area contributed by atoms with Crippen LogP contribution in [0.2, 0.25) is 0 Å². The average Bonchev–Trinajstić information content (AvgIpc) is 1.63. The molecule has 4 aromatic carbocycles.